The van der Waals surface area contributed by atoms with Gasteiger partial charge in [-0.2, -0.15) is 0 Å². The van der Waals surface area contributed by atoms with E-state index in [2.05, 4.69) is 5.32 Å². The lowest BCUT2D eigenvalue weighted by atomic mass is 9.89. The molecule has 0 spiro atoms. The van der Waals surface area contributed by atoms with Gasteiger partial charge in [0.2, 0.25) is 5.88 Å². The first kappa shape index (κ1) is 19.7. The summed E-state index contributed by atoms with van der Waals surface area (Å²) in [5.41, 5.74) is -1.42. The lowest BCUT2D eigenvalue weighted by molar-refractivity contribution is 0.0947. The van der Waals surface area contributed by atoms with Crippen LogP contribution in [0.5, 0.6) is 5.88 Å². The van der Waals surface area contributed by atoms with Gasteiger partial charge >= 0.3 is 5.69 Å². The van der Waals surface area contributed by atoms with Crippen molar-refractivity contribution in [1.29, 1.82) is 0 Å². The lowest BCUT2D eigenvalue weighted by Crippen LogP contribution is -2.47. The Morgan fingerprint density at radius 1 is 1.04 bits per heavy atom. The number of amides is 1. The van der Waals surface area contributed by atoms with Crippen molar-refractivity contribution in [2.24, 2.45) is 5.92 Å². The molecule has 0 atom stereocenters. The molecule has 7 nitrogen and oxygen atoms in total. The standard InChI is InChI=1S/C20H31N3O4/c1-2-21-17(24)16-18(25)22(13-14-9-5-3-6-10-14)20(27)23(19(16)26)15-11-7-4-8-12-15/h14-15,25H,2-13H2,1H3,(H,21,24). The molecule has 1 amide bonds. The zero-order valence-electron chi connectivity index (χ0n) is 16.2. The highest BCUT2D eigenvalue weighted by atomic mass is 16.3. The molecule has 0 bridgehead atoms. The van der Waals surface area contributed by atoms with Gasteiger partial charge in [-0.15, -0.1) is 0 Å². The minimum absolute atomic E-state index is 0.190. The van der Waals surface area contributed by atoms with Gasteiger partial charge < -0.3 is 10.4 Å². The van der Waals surface area contributed by atoms with Crippen LogP contribution in [0.4, 0.5) is 0 Å². The summed E-state index contributed by atoms with van der Waals surface area (Å²) in [6.45, 7) is 2.47. The Labute approximate surface area is 159 Å². The SMILES string of the molecule is CCNC(=O)c1c(O)n(CC2CCCCC2)c(=O)n(C2CCCCC2)c1=O. The number of hydrogen-bond acceptors (Lipinski definition) is 4. The Bertz CT molecular complexity index is 784. The highest BCUT2D eigenvalue weighted by Gasteiger charge is 2.29. The van der Waals surface area contributed by atoms with E-state index in [4.69, 9.17) is 0 Å². The molecule has 0 radical (unpaired) electrons. The van der Waals surface area contributed by atoms with E-state index in [9.17, 15) is 19.5 Å². The molecule has 1 heterocycles. The van der Waals surface area contributed by atoms with E-state index < -0.39 is 23.0 Å². The molecule has 7 heteroatoms. The van der Waals surface area contributed by atoms with Gasteiger partial charge in [0.05, 0.1) is 0 Å². The van der Waals surface area contributed by atoms with Gasteiger partial charge in [-0.25, -0.2) is 4.79 Å². The fourth-order valence-corrected chi connectivity index (χ4v) is 4.56. The largest absolute Gasteiger partial charge is 0.494 e. The summed E-state index contributed by atoms with van der Waals surface area (Å²) < 4.78 is 2.52. The molecule has 0 saturated heterocycles. The number of carbonyl (C=O) groups excluding carboxylic acids is 1. The molecule has 27 heavy (non-hydrogen) atoms. The van der Waals surface area contributed by atoms with Crippen molar-refractivity contribution in [3.63, 3.8) is 0 Å². The lowest BCUT2D eigenvalue weighted by Gasteiger charge is -2.27. The maximum absolute atomic E-state index is 13.2. The summed E-state index contributed by atoms with van der Waals surface area (Å²) >= 11 is 0. The molecule has 0 aromatic carbocycles. The molecule has 0 unspecified atom stereocenters. The number of aromatic nitrogens is 2. The third-order valence-electron chi connectivity index (χ3n) is 6.02. The van der Waals surface area contributed by atoms with Crippen LogP contribution in [0.15, 0.2) is 9.59 Å². The number of aromatic hydroxyl groups is 1. The fraction of sp³-hybridized carbons (Fsp3) is 0.750. The number of carbonyl (C=O) groups is 1. The van der Waals surface area contributed by atoms with E-state index in [1.165, 1.54) is 15.6 Å². The maximum atomic E-state index is 13.2. The van der Waals surface area contributed by atoms with Gasteiger partial charge in [-0.1, -0.05) is 38.5 Å². The molecular weight excluding hydrogens is 346 g/mol. The molecule has 2 aliphatic rings. The van der Waals surface area contributed by atoms with Crippen molar-refractivity contribution in [2.75, 3.05) is 6.54 Å². The minimum Gasteiger partial charge on any atom is -0.494 e. The predicted molar refractivity (Wildman–Crippen MR) is 103 cm³/mol. The summed E-state index contributed by atoms with van der Waals surface area (Å²) in [7, 11) is 0. The second-order valence-corrected chi connectivity index (χ2v) is 7.92. The van der Waals surface area contributed by atoms with E-state index in [0.29, 0.717) is 19.0 Å². The van der Waals surface area contributed by atoms with Gasteiger partial charge in [0.25, 0.3) is 11.5 Å². The molecule has 2 N–H and O–H groups in total. The van der Waals surface area contributed by atoms with Crippen molar-refractivity contribution in [3.05, 3.63) is 26.4 Å². The van der Waals surface area contributed by atoms with Crippen LogP contribution in [-0.4, -0.2) is 26.7 Å². The van der Waals surface area contributed by atoms with Crippen molar-refractivity contribution < 1.29 is 9.90 Å². The van der Waals surface area contributed by atoms with Gasteiger partial charge in [0.15, 0.2) is 5.56 Å². The molecule has 3 rings (SSSR count). The molecule has 2 fully saturated rings. The summed E-state index contributed by atoms with van der Waals surface area (Å²) in [6.07, 6.45) is 10.0. The summed E-state index contributed by atoms with van der Waals surface area (Å²) in [5, 5.41) is 13.3. The van der Waals surface area contributed by atoms with Gasteiger partial charge in [-0.3, -0.25) is 18.7 Å². The Morgan fingerprint density at radius 2 is 1.63 bits per heavy atom. The smallest absolute Gasteiger partial charge is 0.334 e. The minimum atomic E-state index is -0.657. The van der Waals surface area contributed by atoms with Gasteiger partial charge in [-0.05, 0) is 38.5 Å². The summed E-state index contributed by atoms with van der Waals surface area (Å²) in [4.78, 5) is 38.6. The van der Waals surface area contributed by atoms with Crippen LogP contribution in [0.3, 0.4) is 0 Å². The molecule has 2 saturated carbocycles. The Hall–Kier alpha value is -2.05. The molecule has 1 aromatic heterocycles. The van der Waals surface area contributed by atoms with Gasteiger partial charge in [0.1, 0.15) is 0 Å². The zero-order chi connectivity index (χ0) is 19.4. The van der Waals surface area contributed by atoms with Crippen LogP contribution in [0.25, 0.3) is 0 Å². The second kappa shape index (κ2) is 8.76. The van der Waals surface area contributed by atoms with Crippen molar-refractivity contribution >= 4 is 5.91 Å². The average molecular weight is 377 g/mol. The predicted octanol–water partition coefficient (Wildman–Crippen LogP) is 2.55. The quantitative estimate of drug-likeness (QED) is 0.825. The molecular formula is C20H31N3O4. The first-order chi connectivity index (χ1) is 13.0. The average Bonchev–Trinajstić information content (AvgIpc) is 2.67. The third kappa shape index (κ3) is 4.12. The van der Waals surface area contributed by atoms with E-state index in [-0.39, 0.29) is 11.6 Å². The topological polar surface area (TPSA) is 93.3 Å². The van der Waals surface area contributed by atoms with Crippen molar-refractivity contribution in [2.45, 2.75) is 83.7 Å². The highest BCUT2D eigenvalue weighted by molar-refractivity contribution is 5.95. The van der Waals surface area contributed by atoms with Crippen LogP contribution in [-0.2, 0) is 6.54 Å². The maximum Gasteiger partial charge on any atom is 0.334 e. The van der Waals surface area contributed by atoms with Crippen molar-refractivity contribution in [1.82, 2.24) is 14.5 Å². The highest BCUT2D eigenvalue weighted by Crippen LogP contribution is 2.28. The second-order valence-electron chi connectivity index (χ2n) is 7.92. The molecule has 1 aromatic rings. The van der Waals surface area contributed by atoms with Crippen LogP contribution in [0.1, 0.15) is 87.5 Å². The van der Waals surface area contributed by atoms with E-state index in [1.54, 1.807) is 6.92 Å². The molecule has 0 aliphatic heterocycles. The number of nitrogens with zero attached hydrogens (tertiary/aromatic N) is 2. The number of rotatable bonds is 5. The van der Waals surface area contributed by atoms with E-state index in [0.717, 1.165) is 57.8 Å². The number of nitrogens with one attached hydrogen (secondary N) is 1. The Balaban J connectivity index is 2.09. The van der Waals surface area contributed by atoms with Crippen LogP contribution >= 0.6 is 0 Å². The van der Waals surface area contributed by atoms with E-state index in [1.807, 2.05) is 0 Å². The van der Waals surface area contributed by atoms with Crippen molar-refractivity contribution in [3.8, 4) is 5.88 Å². The van der Waals surface area contributed by atoms with E-state index >= 15 is 0 Å². The summed E-state index contributed by atoms with van der Waals surface area (Å²) in [6, 6.07) is -0.190. The summed E-state index contributed by atoms with van der Waals surface area (Å²) in [5.74, 6) is -0.794. The fourth-order valence-electron chi connectivity index (χ4n) is 4.56. The van der Waals surface area contributed by atoms with Gasteiger partial charge in [0, 0.05) is 19.1 Å². The molecule has 2 aliphatic carbocycles. The Kier molecular flexibility index (Phi) is 6.39. The number of hydrogen-bond donors (Lipinski definition) is 2. The third-order valence-corrected chi connectivity index (χ3v) is 6.02. The Morgan fingerprint density at radius 3 is 2.22 bits per heavy atom. The zero-order valence-corrected chi connectivity index (χ0v) is 16.2. The molecule has 150 valence electrons. The normalized spacial score (nSPS) is 19.1. The first-order valence-electron chi connectivity index (χ1n) is 10.4. The van der Waals surface area contributed by atoms with Crippen LogP contribution in [0, 0.1) is 5.92 Å². The van der Waals surface area contributed by atoms with Crippen LogP contribution in [0.2, 0.25) is 0 Å². The monoisotopic (exact) mass is 377 g/mol. The van der Waals surface area contributed by atoms with Crippen LogP contribution < -0.4 is 16.6 Å². The first-order valence-corrected chi connectivity index (χ1v) is 10.4.